The van der Waals surface area contributed by atoms with Gasteiger partial charge in [0.1, 0.15) is 0 Å². The minimum atomic E-state index is -4.36. The van der Waals surface area contributed by atoms with Crippen molar-refractivity contribution in [2.75, 3.05) is 19.0 Å². The van der Waals surface area contributed by atoms with Gasteiger partial charge in [0.25, 0.3) is 0 Å². The second kappa shape index (κ2) is 21.3. The first-order chi connectivity index (χ1) is 14.4. The third-order valence-corrected chi connectivity index (χ3v) is 7.46. The summed E-state index contributed by atoms with van der Waals surface area (Å²) in [6.45, 7) is 7.14. The van der Waals surface area contributed by atoms with Gasteiger partial charge in [-0.1, -0.05) is 90.9 Å². The topological polar surface area (TPSA) is 76.0 Å². The Bertz CT molecular complexity index is 405. The van der Waals surface area contributed by atoms with Crippen LogP contribution in [-0.2, 0) is 13.8 Å². The molecule has 0 radical (unpaired) electrons. The number of unbranched alkanes of at least 4 members (excludes halogenated alkanes) is 11. The lowest BCUT2D eigenvalue weighted by Gasteiger charge is -2.24. The second-order valence-corrected chi connectivity index (χ2v) is 10.9. The van der Waals surface area contributed by atoms with Gasteiger partial charge in [0.15, 0.2) is 0 Å². The van der Waals surface area contributed by atoms with E-state index in [9.17, 15) is 4.57 Å². The molecule has 30 heavy (non-hydrogen) atoms. The molecular weight excluding hydrogens is 419 g/mol. The SMILES string of the molecule is CCCCCCCCCCCCSC(CCCCC)C(C)OCCCOP(=O)(O)O. The van der Waals surface area contributed by atoms with Crippen molar-refractivity contribution in [3.05, 3.63) is 0 Å². The molecule has 0 saturated heterocycles. The number of rotatable bonds is 23. The lowest BCUT2D eigenvalue weighted by molar-refractivity contribution is 0.0521. The van der Waals surface area contributed by atoms with E-state index in [4.69, 9.17) is 14.5 Å². The second-order valence-electron chi connectivity index (χ2n) is 8.34. The summed E-state index contributed by atoms with van der Waals surface area (Å²) in [6, 6.07) is 0. The standard InChI is InChI=1S/C23H49O5PS/c1-4-6-8-9-10-11-12-13-14-16-21-30-23(18-15-7-5-2)22(3)27-19-17-20-28-29(24,25)26/h22-23H,4-21H2,1-3H3,(H2,24,25,26). The first-order valence-corrected chi connectivity index (χ1v) is 14.9. The molecule has 0 aromatic rings. The maximum Gasteiger partial charge on any atom is 0.469 e. The minimum Gasteiger partial charge on any atom is -0.377 e. The molecule has 0 aliphatic carbocycles. The largest absolute Gasteiger partial charge is 0.469 e. The van der Waals surface area contributed by atoms with Gasteiger partial charge in [-0.3, -0.25) is 4.52 Å². The Hall–Kier alpha value is 0.420. The molecule has 0 amide bonds. The van der Waals surface area contributed by atoms with Gasteiger partial charge in [-0.25, -0.2) is 4.57 Å². The molecule has 2 unspecified atom stereocenters. The predicted molar refractivity (Wildman–Crippen MR) is 130 cm³/mol. The van der Waals surface area contributed by atoms with Gasteiger partial charge in [-0.05, 0) is 31.9 Å². The van der Waals surface area contributed by atoms with E-state index in [2.05, 4.69) is 25.3 Å². The monoisotopic (exact) mass is 468 g/mol. The van der Waals surface area contributed by atoms with E-state index in [0.717, 1.165) is 0 Å². The molecule has 5 nitrogen and oxygen atoms in total. The first kappa shape index (κ1) is 30.4. The van der Waals surface area contributed by atoms with E-state index in [1.54, 1.807) is 0 Å². The number of hydrogen-bond donors (Lipinski definition) is 2. The summed E-state index contributed by atoms with van der Waals surface area (Å²) >= 11 is 2.04. The van der Waals surface area contributed by atoms with Crippen LogP contribution in [0.3, 0.4) is 0 Å². The number of phosphoric acid groups is 1. The number of ether oxygens (including phenoxy) is 1. The van der Waals surface area contributed by atoms with Gasteiger partial charge >= 0.3 is 7.82 Å². The fourth-order valence-corrected chi connectivity index (χ4v) is 5.22. The number of thioether (sulfide) groups is 1. The Morgan fingerprint density at radius 1 is 0.767 bits per heavy atom. The minimum absolute atomic E-state index is 0.0310. The van der Waals surface area contributed by atoms with Gasteiger partial charge in [0.05, 0.1) is 12.7 Å². The maximum absolute atomic E-state index is 10.7. The third kappa shape index (κ3) is 21.6. The van der Waals surface area contributed by atoms with Gasteiger partial charge in [0, 0.05) is 11.9 Å². The molecule has 7 heteroatoms. The van der Waals surface area contributed by atoms with Crippen LogP contribution in [0.4, 0.5) is 0 Å². The normalized spacial score (nSPS) is 14.2. The van der Waals surface area contributed by atoms with Gasteiger partial charge in [-0.2, -0.15) is 11.8 Å². The summed E-state index contributed by atoms with van der Waals surface area (Å²) in [5.74, 6) is 1.20. The quantitative estimate of drug-likeness (QED) is 0.119. The van der Waals surface area contributed by atoms with Crippen LogP contribution in [0.5, 0.6) is 0 Å². The summed E-state index contributed by atoms with van der Waals surface area (Å²) in [4.78, 5) is 17.4. The average molecular weight is 469 g/mol. The van der Waals surface area contributed by atoms with Crippen LogP contribution in [0.25, 0.3) is 0 Å². The Labute approximate surface area is 190 Å². The van der Waals surface area contributed by atoms with Gasteiger partial charge in [0.2, 0.25) is 0 Å². The van der Waals surface area contributed by atoms with Crippen molar-refractivity contribution in [1.82, 2.24) is 0 Å². The van der Waals surface area contributed by atoms with Crippen molar-refractivity contribution in [1.29, 1.82) is 0 Å². The molecule has 0 bridgehead atoms. The van der Waals surface area contributed by atoms with E-state index >= 15 is 0 Å². The molecule has 0 aromatic heterocycles. The van der Waals surface area contributed by atoms with Crippen molar-refractivity contribution in [2.24, 2.45) is 0 Å². The zero-order chi connectivity index (χ0) is 22.5. The van der Waals surface area contributed by atoms with E-state index in [0.29, 0.717) is 18.3 Å². The molecule has 0 aliphatic heterocycles. The van der Waals surface area contributed by atoms with Crippen molar-refractivity contribution in [3.63, 3.8) is 0 Å². The number of phosphoric ester groups is 1. The fourth-order valence-electron chi connectivity index (χ4n) is 3.49. The Kier molecular flexibility index (Phi) is 21.6. The Morgan fingerprint density at radius 3 is 1.87 bits per heavy atom. The van der Waals surface area contributed by atoms with Crippen molar-refractivity contribution < 1.29 is 23.6 Å². The van der Waals surface area contributed by atoms with Crippen molar-refractivity contribution >= 4 is 19.6 Å². The van der Waals surface area contributed by atoms with Crippen LogP contribution in [0.2, 0.25) is 0 Å². The maximum atomic E-state index is 10.7. The van der Waals surface area contributed by atoms with Crippen LogP contribution in [0, 0.1) is 0 Å². The van der Waals surface area contributed by atoms with E-state index in [1.165, 1.54) is 95.6 Å². The molecule has 0 saturated carbocycles. The van der Waals surface area contributed by atoms with Crippen LogP contribution < -0.4 is 0 Å². The zero-order valence-corrected chi connectivity index (χ0v) is 21.6. The fraction of sp³-hybridized carbons (Fsp3) is 1.00. The predicted octanol–water partition coefficient (Wildman–Crippen LogP) is 7.49. The van der Waals surface area contributed by atoms with Gasteiger partial charge in [-0.15, -0.1) is 0 Å². The molecule has 0 heterocycles. The smallest absolute Gasteiger partial charge is 0.377 e. The van der Waals surface area contributed by atoms with Crippen LogP contribution in [-0.4, -0.2) is 40.1 Å². The molecule has 182 valence electrons. The van der Waals surface area contributed by atoms with Crippen LogP contribution in [0.15, 0.2) is 0 Å². The highest BCUT2D eigenvalue weighted by atomic mass is 32.2. The Morgan fingerprint density at radius 2 is 1.30 bits per heavy atom. The first-order valence-electron chi connectivity index (χ1n) is 12.3. The third-order valence-electron chi connectivity index (χ3n) is 5.37. The van der Waals surface area contributed by atoms with Crippen LogP contribution >= 0.6 is 19.6 Å². The van der Waals surface area contributed by atoms with Crippen LogP contribution in [0.1, 0.15) is 117 Å². The highest BCUT2D eigenvalue weighted by Crippen LogP contribution is 2.35. The lowest BCUT2D eigenvalue weighted by atomic mass is 10.1. The molecule has 0 fully saturated rings. The highest BCUT2D eigenvalue weighted by Gasteiger charge is 2.18. The average Bonchev–Trinajstić information content (AvgIpc) is 2.69. The van der Waals surface area contributed by atoms with Gasteiger partial charge < -0.3 is 14.5 Å². The van der Waals surface area contributed by atoms with E-state index in [-0.39, 0.29) is 12.7 Å². The molecule has 2 N–H and O–H groups in total. The summed E-state index contributed by atoms with van der Waals surface area (Å²) in [5.41, 5.74) is 0. The summed E-state index contributed by atoms with van der Waals surface area (Å²) in [6.07, 6.45) is 19.3. The molecular formula is C23H49O5PS. The van der Waals surface area contributed by atoms with E-state index in [1.807, 2.05) is 11.8 Å². The highest BCUT2D eigenvalue weighted by molar-refractivity contribution is 7.99. The summed E-state index contributed by atoms with van der Waals surface area (Å²) in [5, 5.41) is 0.498. The molecule has 0 aliphatic rings. The molecule has 0 aromatic carbocycles. The molecule has 2 atom stereocenters. The van der Waals surface area contributed by atoms with E-state index < -0.39 is 7.82 Å². The van der Waals surface area contributed by atoms with Crippen molar-refractivity contribution in [3.8, 4) is 0 Å². The zero-order valence-electron chi connectivity index (χ0n) is 19.9. The number of hydrogen-bond acceptors (Lipinski definition) is 4. The molecule has 0 rings (SSSR count). The lowest BCUT2D eigenvalue weighted by Crippen LogP contribution is -2.24. The summed E-state index contributed by atoms with van der Waals surface area (Å²) in [7, 11) is -4.36. The summed E-state index contributed by atoms with van der Waals surface area (Å²) < 4.78 is 21.1. The Balaban J connectivity index is 3.88. The van der Waals surface area contributed by atoms with Crippen molar-refractivity contribution in [2.45, 2.75) is 128 Å². The molecule has 0 spiro atoms.